The van der Waals surface area contributed by atoms with E-state index in [0.29, 0.717) is 0 Å². The molecule has 0 bridgehead atoms. The number of halogens is 1. The molecule has 1 aromatic carbocycles. The van der Waals surface area contributed by atoms with Crippen LogP contribution in [0.5, 0.6) is 0 Å². The van der Waals surface area contributed by atoms with Crippen molar-refractivity contribution in [3.8, 4) is 0 Å². The molecule has 16 heavy (non-hydrogen) atoms. The Morgan fingerprint density at radius 2 is 2.06 bits per heavy atom. The van der Waals surface area contributed by atoms with Gasteiger partial charge in [-0.3, -0.25) is 4.90 Å². The smallest absolute Gasteiger partial charge is 0.0461 e. The molecule has 0 unspecified atom stereocenters. The minimum atomic E-state index is 0.823. The average molecular weight is 285 g/mol. The first-order chi connectivity index (χ1) is 7.69. The SMILES string of the molecule is CCCCN(CC)Cc1cccc(N)c1Br. The van der Waals surface area contributed by atoms with Crippen LogP contribution in [0.1, 0.15) is 32.3 Å². The number of nitrogen functional groups attached to an aromatic ring is 1. The summed E-state index contributed by atoms with van der Waals surface area (Å²) in [5.41, 5.74) is 7.97. The third-order valence-electron chi connectivity index (χ3n) is 2.78. The van der Waals surface area contributed by atoms with Gasteiger partial charge in [-0.05, 0) is 47.1 Å². The van der Waals surface area contributed by atoms with Crippen molar-refractivity contribution in [3.05, 3.63) is 28.2 Å². The van der Waals surface area contributed by atoms with Crippen molar-refractivity contribution in [1.82, 2.24) is 4.90 Å². The van der Waals surface area contributed by atoms with Gasteiger partial charge in [0, 0.05) is 16.7 Å². The molecule has 0 saturated heterocycles. The van der Waals surface area contributed by atoms with Gasteiger partial charge in [0.05, 0.1) is 0 Å². The molecule has 2 N–H and O–H groups in total. The van der Waals surface area contributed by atoms with E-state index in [4.69, 9.17) is 5.73 Å². The zero-order valence-electron chi connectivity index (χ0n) is 10.2. The van der Waals surface area contributed by atoms with Gasteiger partial charge >= 0.3 is 0 Å². The molecule has 0 radical (unpaired) electrons. The first kappa shape index (κ1) is 13.5. The number of unbranched alkanes of at least 4 members (excludes halogenated alkanes) is 1. The quantitative estimate of drug-likeness (QED) is 0.808. The number of benzene rings is 1. The molecule has 0 aliphatic heterocycles. The van der Waals surface area contributed by atoms with E-state index >= 15 is 0 Å². The van der Waals surface area contributed by atoms with Crippen LogP contribution in [0.4, 0.5) is 5.69 Å². The van der Waals surface area contributed by atoms with Crippen LogP contribution in [0, 0.1) is 0 Å². The monoisotopic (exact) mass is 284 g/mol. The number of rotatable bonds is 6. The highest BCUT2D eigenvalue weighted by Crippen LogP contribution is 2.24. The lowest BCUT2D eigenvalue weighted by Crippen LogP contribution is -2.24. The zero-order chi connectivity index (χ0) is 12.0. The Bertz CT molecular complexity index is 326. The Kier molecular flexibility index (Phi) is 5.85. The van der Waals surface area contributed by atoms with Crippen LogP contribution in [-0.4, -0.2) is 18.0 Å². The molecule has 3 heteroatoms. The zero-order valence-corrected chi connectivity index (χ0v) is 11.8. The molecule has 0 amide bonds. The highest BCUT2D eigenvalue weighted by Gasteiger charge is 2.07. The molecule has 0 aliphatic rings. The minimum Gasteiger partial charge on any atom is -0.398 e. The van der Waals surface area contributed by atoms with Crippen molar-refractivity contribution in [1.29, 1.82) is 0 Å². The molecule has 0 heterocycles. The Morgan fingerprint density at radius 1 is 1.31 bits per heavy atom. The predicted octanol–water partition coefficient (Wildman–Crippen LogP) is 3.65. The van der Waals surface area contributed by atoms with E-state index in [1.54, 1.807) is 0 Å². The van der Waals surface area contributed by atoms with Gasteiger partial charge in [-0.25, -0.2) is 0 Å². The van der Waals surface area contributed by atoms with E-state index in [0.717, 1.165) is 29.8 Å². The van der Waals surface area contributed by atoms with Gasteiger partial charge in [-0.2, -0.15) is 0 Å². The molecule has 0 aliphatic carbocycles. The second kappa shape index (κ2) is 6.92. The van der Waals surface area contributed by atoms with Crippen molar-refractivity contribution < 1.29 is 0 Å². The Hall–Kier alpha value is -0.540. The van der Waals surface area contributed by atoms with Crippen LogP contribution < -0.4 is 5.73 Å². The van der Waals surface area contributed by atoms with Crippen molar-refractivity contribution in [3.63, 3.8) is 0 Å². The molecule has 0 spiro atoms. The Balaban J connectivity index is 2.66. The molecule has 0 aromatic heterocycles. The highest BCUT2D eigenvalue weighted by molar-refractivity contribution is 9.10. The van der Waals surface area contributed by atoms with Gasteiger partial charge in [0.2, 0.25) is 0 Å². The number of anilines is 1. The van der Waals surface area contributed by atoms with E-state index in [1.165, 1.54) is 18.4 Å². The van der Waals surface area contributed by atoms with E-state index in [-0.39, 0.29) is 0 Å². The molecule has 0 fully saturated rings. The molecular weight excluding hydrogens is 264 g/mol. The maximum atomic E-state index is 5.87. The van der Waals surface area contributed by atoms with Crippen molar-refractivity contribution in [2.45, 2.75) is 33.2 Å². The summed E-state index contributed by atoms with van der Waals surface area (Å²) in [6.45, 7) is 7.65. The Labute approximate surface area is 107 Å². The van der Waals surface area contributed by atoms with Crippen molar-refractivity contribution in [2.24, 2.45) is 0 Å². The fourth-order valence-electron chi connectivity index (χ4n) is 1.69. The van der Waals surface area contributed by atoms with Gasteiger partial charge in [0.1, 0.15) is 0 Å². The maximum absolute atomic E-state index is 5.87. The summed E-state index contributed by atoms with van der Waals surface area (Å²) in [4.78, 5) is 2.45. The fourth-order valence-corrected chi connectivity index (χ4v) is 2.08. The summed E-state index contributed by atoms with van der Waals surface area (Å²) in [7, 11) is 0. The summed E-state index contributed by atoms with van der Waals surface area (Å²) in [6, 6.07) is 6.08. The first-order valence-corrected chi connectivity index (χ1v) is 6.73. The van der Waals surface area contributed by atoms with Gasteiger partial charge < -0.3 is 5.73 Å². The standard InChI is InChI=1S/C13H21BrN2/c1-3-5-9-16(4-2)10-11-7-6-8-12(15)13(11)14/h6-8H,3-5,9-10,15H2,1-2H3. The van der Waals surface area contributed by atoms with Crippen LogP contribution in [0.15, 0.2) is 22.7 Å². The van der Waals surface area contributed by atoms with Crippen LogP contribution in [0.2, 0.25) is 0 Å². The maximum Gasteiger partial charge on any atom is 0.0461 e. The third kappa shape index (κ3) is 3.80. The fraction of sp³-hybridized carbons (Fsp3) is 0.538. The normalized spacial score (nSPS) is 11.0. The van der Waals surface area contributed by atoms with Crippen LogP contribution >= 0.6 is 15.9 Å². The highest BCUT2D eigenvalue weighted by atomic mass is 79.9. The Morgan fingerprint density at radius 3 is 2.69 bits per heavy atom. The lowest BCUT2D eigenvalue weighted by atomic mass is 10.2. The molecule has 1 rings (SSSR count). The second-order valence-corrected chi connectivity index (χ2v) is 4.84. The minimum absolute atomic E-state index is 0.823. The van der Waals surface area contributed by atoms with Gasteiger partial charge in [-0.15, -0.1) is 0 Å². The van der Waals surface area contributed by atoms with E-state index in [9.17, 15) is 0 Å². The summed E-state index contributed by atoms with van der Waals surface area (Å²) in [6.07, 6.45) is 2.50. The lowest BCUT2D eigenvalue weighted by Gasteiger charge is -2.21. The van der Waals surface area contributed by atoms with Gasteiger partial charge in [-0.1, -0.05) is 32.4 Å². The molecule has 0 atom stereocenters. The largest absolute Gasteiger partial charge is 0.398 e. The lowest BCUT2D eigenvalue weighted by molar-refractivity contribution is 0.275. The van der Waals surface area contributed by atoms with Crippen molar-refractivity contribution >= 4 is 21.6 Å². The molecular formula is C13H21BrN2. The summed E-state index contributed by atoms with van der Waals surface area (Å²) in [5.74, 6) is 0. The second-order valence-electron chi connectivity index (χ2n) is 4.04. The average Bonchev–Trinajstić information content (AvgIpc) is 2.30. The van der Waals surface area contributed by atoms with Gasteiger partial charge in [0.15, 0.2) is 0 Å². The number of nitrogens with two attached hydrogens (primary N) is 1. The summed E-state index contributed by atoms with van der Waals surface area (Å²) >= 11 is 3.55. The predicted molar refractivity (Wildman–Crippen MR) is 74.4 cm³/mol. The van der Waals surface area contributed by atoms with Crippen molar-refractivity contribution in [2.75, 3.05) is 18.8 Å². The van der Waals surface area contributed by atoms with E-state index < -0.39 is 0 Å². The summed E-state index contributed by atoms with van der Waals surface area (Å²) < 4.78 is 1.05. The molecule has 2 nitrogen and oxygen atoms in total. The van der Waals surface area contributed by atoms with E-state index in [2.05, 4.69) is 40.7 Å². The first-order valence-electron chi connectivity index (χ1n) is 5.94. The number of hydrogen-bond donors (Lipinski definition) is 1. The van der Waals surface area contributed by atoms with Crippen LogP contribution in [-0.2, 0) is 6.54 Å². The molecule has 90 valence electrons. The third-order valence-corrected chi connectivity index (χ3v) is 3.74. The summed E-state index contributed by atoms with van der Waals surface area (Å²) in [5, 5.41) is 0. The van der Waals surface area contributed by atoms with E-state index in [1.807, 2.05) is 12.1 Å². The number of nitrogens with zero attached hydrogens (tertiary/aromatic N) is 1. The van der Waals surface area contributed by atoms with Gasteiger partial charge in [0.25, 0.3) is 0 Å². The molecule has 0 saturated carbocycles. The topological polar surface area (TPSA) is 29.3 Å². The van der Waals surface area contributed by atoms with Crippen LogP contribution in [0.3, 0.4) is 0 Å². The molecule has 1 aromatic rings. The number of hydrogen-bond acceptors (Lipinski definition) is 2. The van der Waals surface area contributed by atoms with Crippen LogP contribution in [0.25, 0.3) is 0 Å².